The molecular formula is C19H18N2O3S. The van der Waals surface area contributed by atoms with Crippen LogP contribution in [-0.4, -0.2) is 27.8 Å². The molecule has 0 N–H and O–H groups in total. The second kappa shape index (κ2) is 7.98. The van der Waals surface area contributed by atoms with Gasteiger partial charge in [0.2, 0.25) is 5.89 Å². The van der Waals surface area contributed by atoms with Crippen LogP contribution in [0.1, 0.15) is 24.2 Å². The van der Waals surface area contributed by atoms with Crippen molar-refractivity contribution in [2.24, 2.45) is 0 Å². The zero-order chi connectivity index (χ0) is 17.6. The number of carbonyl (C=O) groups is 1. The molecule has 0 aliphatic heterocycles. The van der Waals surface area contributed by atoms with Gasteiger partial charge in [-0.3, -0.25) is 4.79 Å². The minimum Gasteiger partial charge on any atom is -0.494 e. The van der Waals surface area contributed by atoms with Crippen molar-refractivity contribution in [3.63, 3.8) is 0 Å². The van der Waals surface area contributed by atoms with Crippen molar-refractivity contribution in [2.75, 3.05) is 6.61 Å². The lowest BCUT2D eigenvalue weighted by Gasteiger charge is -2.06. The first kappa shape index (κ1) is 17.2. The van der Waals surface area contributed by atoms with Crippen molar-refractivity contribution < 1.29 is 13.9 Å². The average Bonchev–Trinajstić information content (AvgIpc) is 3.11. The summed E-state index contributed by atoms with van der Waals surface area (Å²) in [6, 6.07) is 16.6. The average molecular weight is 354 g/mol. The fourth-order valence-electron chi connectivity index (χ4n) is 2.28. The molecule has 1 aromatic heterocycles. The van der Waals surface area contributed by atoms with Crippen LogP contribution in [0.5, 0.6) is 5.75 Å². The van der Waals surface area contributed by atoms with Crippen LogP contribution in [0, 0.1) is 0 Å². The van der Waals surface area contributed by atoms with Gasteiger partial charge in [0.25, 0.3) is 5.22 Å². The highest BCUT2D eigenvalue weighted by atomic mass is 32.2. The number of rotatable bonds is 7. The Balaban J connectivity index is 1.68. The Hall–Kier alpha value is -2.60. The number of thioether (sulfide) groups is 1. The molecule has 0 aliphatic rings. The highest BCUT2D eigenvalue weighted by molar-refractivity contribution is 8.00. The normalized spacial score (nSPS) is 11.9. The van der Waals surface area contributed by atoms with E-state index in [9.17, 15) is 4.79 Å². The number of ketones is 1. The molecule has 1 unspecified atom stereocenters. The van der Waals surface area contributed by atoms with E-state index in [1.807, 2.05) is 56.3 Å². The Kier molecular flexibility index (Phi) is 5.50. The number of aromatic nitrogens is 2. The molecule has 2 aromatic carbocycles. The van der Waals surface area contributed by atoms with Gasteiger partial charge < -0.3 is 9.15 Å². The molecule has 0 aliphatic carbocycles. The van der Waals surface area contributed by atoms with E-state index in [0.717, 1.165) is 11.3 Å². The lowest BCUT2D eigenvalue weighted by atomic mass is 10.1. The monoisotopic (exact) mass is 354 g/mol. The van der Waals surface area contributed by atoms with Gasteiger partial charge in [0.1, 0.15) is 5.75 Å². The van der Waals surface area contributed by atoms with Gasteiger partial charge >= 0.3 is 0 Å². The number of carbonyl (C=O) groups excluding carboxylic acids is 1. The van der Waals surface area contributed by atoms with Gasteiger partial charge in [0.05, 0.1) is 11.9 Å². The topological polar surface area (TPSA) is 65.2 Å². The van der Waals surface area contributed by atoms with Crippen molar-refractivity contribution in [1.82, 2.24) is 10.2 Å². The third-order valence-electron chi connectivity index (χ3n) is 3.52. The lowest BCUT2D eigenvalue weighted by Crippen LogP contribution is -2.13. The summed E-state index contributed by atoms with van der Waals surface area (Å²) < 4.78 is 11.1. The Morgan fingerprint density at radius 1 is 1.12 bits per heavy atom. The maximum absolute atomic E-state index is 12.4. The minimum absolute atomic E-state index is 0.0337. The van der Waals surface area contributed by atoms with Gasteiger partial charge in [0, 0.05) is 11.1 Å². The van der Waals surface area contributed by atoms with Crippen LogP contribution in [0.3, 0.4) is 0 Å². The summed E-state index contributed by atoms with van der Waals surface area (Å²) >= 11 is 1.26. The lowest BCUT2D eigenvalue weighted by molar-refractivity contribution is 0.0993. The zero-order valence-electron chi connectivity index (χ0n) is 14.0. The third kappa shape index (κ3) is 4.28. The molecule has 0 spiro atoms. The number of hydrogen-bond donors (Lipinski definition) is 0. The van der Waals surface area contributed by atoms with Crippen LogP contribution < -0.4 is 4.74 Å². The Morgan fingerprint density at radius 2 is 1.84 bits per heavy atom. The minimum atomic E-state index is -0.309. The quantitative estimate of drug-likeness (QED) is 0.460. The predicted octanol–water partition coefficient (Wildman–Crippen LogP) is 4.50. The summed E-state index contributed by atoms with van der Waals surface area (Å²) in [5.74, 6) is 1.25. The molecule has 128 valence electrons. The van der Waals surface area contributed by atoms with Gasteiger partial charge in [-0.25, -0.2) is 0 Å². The van der Waals surface area contributed by atoms with Crippen molar-refractivity contribution >= 4 is 17.5 Å². The fourth-order valence-corrected chi connectivity index (χ4v) is 3.04. The molecule has 1 atom stereocenters. The summed E-state index contributed by atoms with van der Waals surface area (Å²) in [6.45, 7) is 4.39. The maximum atomic E-state index is 12.4. The number of ether oxygens (including phenoxy) is 1. The van der Waals surface area contributed by atoms with Crippen LogP contribution in [0.25, 0.3) is 11.5 Å². The van der Waals surface area contributed by atoms with Crippen LogP contribution in [0.2, 0.25) is 0 Å². The van der Waals surface area contributed by atoms with Crippen molar-refractivity contribution in [1.29, 1.82) is 0 Å². The van der Waals surface area contributed by atoms with E-state index in [4.69, 9.17) is 9.15 Å². The summed E-state index contributed by atoms with van der Waals surface area (Å²) in [5, 5.41) is 8.15. The van der Waals surface area contributed by atoms with E-state index < -0.39 is 0 Å². The van der Waals surface area contributed by atoms with E-state index in [0.29, 0.717) is 23.3 Å². The molecule has 3 aromatic rings. The summed E-state index contributed by atoms with van der Waals surface area (Å²) in [4.78, 5) is 12.4. The van der Waals surface area contributed by atoms with Crippen LogP contribution in [0.15, 0.2) is 64.2 Å². The summed E-state index contributed by atoms with van der Waals surface area (Å²) in [6.07, 6.45) is 0. The van der Waals surface area contributed by atoms with Crippen LogP contribution >= 0.6 is 11.8 Å². The molecule has 0 saturated carbocycles. The first-order chi connectivity index (χ1) is 12.2. The Labute approximate surface area is 150 Å². The number of Topliss-reactive ketones (excluding diaryl/α,β-unsaturated/α-hetero) is 1. The SMILES string of the molecule is CCOc1ccc(-c2nnc(SC(C)C(=O)c3ccccc3)o2)cc1. The molecular weight excluding hydrogens is 336 g/mol. The van der Waals surface area contributed by atoms with Crippen LogP contribution in [0.4, 0.5) is 0 Å². The maximum Gasteiger partial charge on any atom is 0.277 e. The standard InChI is InChI=1S/C19H18N2O3S/c1-3-23-16-11-9-15(10-12-16)18-20-21-19(24-18)25-13(2)17(22)14-7-5-4-6-8-14/h4-13H,3H2,1-2H3. The molecule has 0 radical (unpaired) electrons. The Bertz CT molecular complexity index is 831. The molecule has 0 amide bonds. The highest BCUT2D eigenvalue weighted by Crippen LogP contribution is 2.28. The fraction of sp³-hybridized carbons (Fsp3) is 0.211. The van der Waals surface area contributed by atoms with E-state index in [1.165, 1.54) is 11.8 Å². The second-order valence-electron chi connectivity index (χ2n) is 5.32. The highest BCUT2D eigenvalue weighted by Gasteiger charge is 2.20. The third-order valence-corrected chi connectivity index (χ3v) is 4.46. The second-order valence-corrected chi connectivity index (χ2v) is 6.61. The molecule has 3 rings (SSSR count). The van der Waals surface area contributed by atoms with Crippen molar-refractivity contribution in [3.05, 3.63) is 60.2 Å². The van der Waals surface area contributed by atoms with Gasteiger partial charge in [-0.15, -0.1) is 10.2 Å². The molecule has 0 fully saturated rings. The zero-order valence-corrected chi connectivity index (χ0v) is 14.8. The van der Waals surface area contributed by atoms with E-state index in [2.05, 4.69) is 10.2 Å². The first-order valence-corrected chi connectivity index (χ1v) is 8.88. The number of hydrogen-bond acceptors (Lipinski definition) is 6. The smallest absolute Gasteiger partial charge is 0.277 e. The molecule has 0 bridgehead atoms. The molecule has 1 heterocycles. The van der Waals surface area contributed by atoms with E-state index >= 15 is 0 Å². The Morgan fingerprint density at radius 3 is 2.52 bits per heavy atom. The molecule has 0 saturated heterocycles. The number of nitrogens with zero attached hydrogens (tertiary/aromatic N) is 2. The van der Waals surface area contributed by atoms with Gasteiger partial charge in [-0.1, -0.05) is 42.1 Å². The predicted molar refractivity (Wildman–Crippen MR) is 97.0 cm³/mol. The summed E-state index contributed by atoms with van der Waals surface area (Å²) in [7, 11) is 0. The van der Waals surface area contributed by atoms with Gasteiger partial charge in [-0.2, -0.15) is 0 Å². The van der Waals surface area contributed by atoms with E-state index in [-0.39, 0.29) is 11.0 Å². The molecule has 6 heteroatoms. The largest absolute Gasteiger partial charge is 0.494 e. The summed E-state index contributed by atoms with van der Waals surface area (Å²) in [5.41, 5.74) is 1.48. The van der Waals surface area contributed by atoms with Crippen LogP contribution in [-0.2, 0) is 0 Å². The molecule has 5 nitrogen and oxygen atoms in total. The van der Waals surface area contributed by atoms with Gasteiger partial charge in [0.15, 0.2) is 5.78 Å². The van der Waals surface area contributed by atoms with Crippen molar-refractivity contribution in [2.45, 2.75) is 24.3 Å². The number of benzene rings is 2. The molecule has 25 heavy (non-hydrogen) atoms. The first-order valence-electron chi connectivity index (χ1n) is 8.00. The van der Waals surface area contributed by atoms with Gasteiger partial charge in [-0.05, 0) is 38.1 Å². The van der Waals surface area contributed by atoms with E-state index in [1.54, 1.807) is 12.1 Å². The van der Waals surface area contributed by atoms with Crippen molar-refractivity contribution in [3.8, 4) is 17.2 Å².